The molecule has 2 aromatic rings. The molecule has 1 N–H and O–H groups in total. The van der Waals surface area contributed by atoms with Crippen LogP contribution in [0.15, 0.2) is 42.5 Å². The van der Waals surface area contributed by atoms with Gasteiger partial charge in [-0.1, -0.05) is 12.1 Å². The summed E-state index contributed by atoms with van der Waals surface area (Å²) in [6.45, 7) is 3.66. The zero-order chi connectivity index (χ0) is 20.9. The van der Waals surface area contributed by atoms with Crippen LogP contribution in [0.25, 0.3) is 11.1 Å². The van der Waals surface area contributed by atoms with Crippen LogP contribution in [0.1, 0.15) is 13.8 Å². The van der Waals surface area contributed by atoms with Gasteiger partial charge in [-0.05, 0) is 49.7 Å². The van der Waals surface area contributed by atoms with Crippen molar-refractivity contribution in [1.29, 1.82) is 0 Å². The number of benzene rings is 2. The van der Waals surface area contributed by atoms with Gasteiger partial charge in [0.15, 0.2) is 0 Å². The lowest BCUT2D eigenvalue weighted by atomic mass is 10.0. The minimum atomic E-state index is -4.80. The maximum absolute atomic E-state index is 12.3. The number of methoxy groups -OCH3 is 1. The Morgan fingerprint density at radius 3 is 2.14 bits per heavy atom. The fraction of sp³-hybridized carbons (Fsp3) is 0.263. The lowest BCUT2D eigenvalue weighted by molar-refractivity contribution is -0.274. The van der Waals surface area contributed by atoms with E-state index in [0.29, 0.717) is 16.9 Å². The molecule has 0 atom stereocenters. The summed E-state index contributed by atoms with van der Waals surface area (Å²) in [5.41, 5.74) is 1.17. The molecule has 0 heterocycles. The standard InChI is InChI=1S/C19H18F3NO5/c1-11(2)27-14-8-9-16(23-17(24)18(25)26-3)15(10-14)12-4-6-13(7-5-12)28-19(20,21)22/h4-11H,1-3H3,(H,23,24). The largest absolute Gasteiger partial charge is 0.573 e. The molecule has 2 rings (SSSR count). The highest BCUT2D eigenvalue weighted by Crippen LogP contribution is 2.34. The van der Waals surface area contributed by atoms with E-state index in [2.05, 4.69) is 14.8 Å². The number of halogens is 3. The van der Waals surface area contributed by atoms with Crippen molar-refractivity contribution < 1.29 is 37.0 Å². The van der Waals surface area contributed by atoms with Gasteiger partial charge in [-0.3, -0.25) is 4.79 Å². The maximum atomic E-state index is 12.3. The minimum absolute atomic E-state index is 0.120. The monoisotopic (exact) mass is 397 g/mol. The predicted octanol–water partition coefficient (Wildman–Crippen LogP) is 4.15. The van der Waals surface area contributed by atoms with Crippen molar-refractivity contribution in [2.45, 2.75) is 26.3 Å². The van der Waals surface area contributed by atoms with Crippen molar-refractivity contribution in [2.75, 3.05) is 12.4 Å². The number of carbonyl (C=O) groups is 2. The summed E-state index contributed by atoms with van der Waals surface area (Å²) in [6.07, 6.45) is -4.92. The Morgan fingerprint density at radius 2 is 1.61 bits per heavy atom. The number of alkyl halides is 3. The fourth-order valence-electron chi connectivity index (χ4n) is 2.32. The first-order chi connectivity index (χ1) is 13.1. The summed E-state index contributed by atoms with van der Waals surface area (Å²) < 4.78 is 50.8. The second-order valence-corrected chi connectivity index (χ2v) is 5.89. The summed E-state index contributed by atoms with van der Waals surface area (Å²) in [6, 6.07) is 9.79. The highest BCUT2D eigenvalue weighted by molar-refractivity contribution is 6.37. The van der Waals surface area contributed by atoms with Gasteiger partial charge in [0.1, 0.15) is 11.5 Å². The van der Waals surface area contributed by atoms with Crippen LogP contribution < -0.4 is 14.8 Å². The van der Waals surface area contributed by atoms with Gasteiger partial charge >= 0.3 is 18.2 Å². The molecule has 28 heavy (non-hydrogen) atoms. The maximum Gasteiger partial charge on any atom is 0.573 e. The van der Waals surface area contributed by atoms with E-state index < -0.39 is 18.2 Å². The molecule has 1 amide bonds. The van der Waals surface area contributed by atoms with Crippen LogP contribution in [-0.2, 0) is 14.3 Å². The predicted molar refractivity (Wildman–Crippen MR) is 95.0 cm³/mol. The summed E-state index contributed by atoms with van der Waals surface area (Å²) in [5.74, 6) is -1.97. The highest BCUT2D eigenvalue weighted by Gasteiger charge is 2.31. The van der Waals surface area contributed by atoms with Gasteiger partial charge in [0.05, 0.1) is 13.2 Å². The van der Waals surface area contributed by atoms with E-state index in [1.165, 1.54) is 18.2 Å². The molecule has 0 aromatic heterocycles. The van der Waals surface area contributed by atoms with E-state index >= 15 is 0 Å². The molecule has 150 valence electrons. The average molecular weight is 397 g/mol. The van der Waals surface area contributed by atoms with Gasteiger partial charge < -0.3 is 19.5 Å². The number of anilines is 1. The van der Waals surface area contributed by atoms with Crippen LogP contribution in [0.3, 0.4) is 0 Å². The number of hydrogen-bond donors (Lipinski definition) is 1. The highest BCUT2D eigenvalue weighted by atomic mass is 19.4. The van der Waals surface area contributed by atoms with E-state index in [1.807, 2.05) is 13.8 Å². The van der Waals surface area contributed by atoms with Crippen LogP contribution in [0.5, 0.6) is 11.5 Å². The SMILES string of the molecule is COC(=O)C(=O)Nc1ccc(OC(C)C)cc1-c1ccc(OC(F)(F)F)cc1. The molecule has 0 aliphatic rings. The van der Waals surface area contributed by atoms with Gasteiger partial charge in [0.2, 0.25) is 0 Å². The second-order valence-electron chi connectivity index (χ2n) is 5.89. The van der Waals surface area contributed by atoms with Crippen LogP contribution in [-0.4, -0.2) is 31.5 Å². The molecule has 0 saturated heterocycles. The molecular formula is C19H18F3NO5. The smallest absolute Gasteiger partial charge is 0.491 e. The van der Waals surface area contributed by atoms with Crippen molar-refractivity contribution in [3.8, 4) is 22.6 Å². The number of ether oxygens (including phenoxy) is 3. The molecule has 0 aliphatic carbocycles. The molecule has 0 fully saturated rings. The summed E-state index contributed by atoms with van der Waals surface area (Å²) >= 11 is 0. The summed E-state index contributed by atoms with van der Waals surface area (Å²) in [5, 5.41) is 2.41. The molecule has 9 heteroatoms. The number of rotatable bonds is 5. The van der Waals surface area contributed by atoms with Crippen molar-refractivity contribution >= 4 is 17.6 Å². The molecule has 0 unspecified atom stereocenters. The second kappa shape index (κ2) is 8.64. The number of carbonyl (C=O) groups excluding carboxylic acids is 2. The van der Waals surface area contributed by atoms with Gasteiger partial charge in [0.25, 0.3) is 0 Å². The van der Waals surface area contributed by atoms with Gasteiger partial charge in [-0.2, -0.15) is 0 Å². The molecule has 0 bridgehead atoms. The van der Waals surface area contributed by atoms with E-state index in [1.54, 1.807) is 12.1 Å². The first-order valence-electron chi connectivity index (χ1n) is 8.15. The normalized spacial score (nSPS) is 11.1. The first-order valence-corrected chi connectivity index (χ1v) is 8.15. The molecule has 0 spiro atoms. The summed E-state index contributed by atoms with van der Waals surface area (Å²) in [7, 11) is 1.07. The topological polar surface area (TPSA) is 73.9 Å². The number of amides is 1. The third kappa shape index (κ3) is 5.90. The molecule has 0 radical (unpaired) electrons. The van der Waals surface area contributed by atoms with Crippen LogP contribution in [0.2, 0.25) is 0 Å². The Hall–Kier alpha value is -3.23. The Labute approximate surface area is 159 Å². The van der Waals surface area contributed by atoms with Crippen LogP contribution in [0.4, 0.5) is 18.9 Å². The lowest BCUT2D eigenvalue weighted by Crippen LogP contribution is -2.24. The Balaban J connectivity index is 2.40. The first kappa shape index (κ1) is 21.1. The van der Waals surface area contributed by atoms with E-state index in [4.69, 9.17) is 4.74 Å². The Kier molecular flexibility index (Phi) is 6.50. The quantitative estimate of drug-likeness (QED) is 0.606. The molecular weight excluding hydrogens is 379 g/mol. The van der Waals surface area contributed by atoms with Crippen molar-refractivity contribution in [2.24, 2.45) is 0 Å². The van der Waals surface area contributed by atoms with Gasteiger partial charge in [-0.15, -0.1) is 13.2 Å². The zero-order valence-corrected chi connectivity index (χ0v) is 15.3. The Morgan fingerprint density at radius 1 is 1.00 bits per heavy atom. The van der Waals surface area contributed by atoms with E-state index in [9.17, 15) is 22.8 Å². The molecule has 6 nitrogen and oxygen atoms in total. The number of hydrogen-bond acceptors (Lipinski definition) is 5. The van der Waals surface area contributed by atoms with Crippen molar-refractivity contribution in [3.05, 3.63) is 42.5 Å². The summed E-state index contributed by atoms with van der Waals surface area (Å²) in [4.78, 5) is 23.2. The fourth-order valence-corrected chi connectivity index (χ4v) is 2.32. The van der Waals surface area contributed by atoms with Crippen molar-refractivity contribution in [1.82, 2.24) is 0 Å². The van der Waals surface area contributed by atoms with E-state index in [-0.39, 0.29) is 17.5 Å². The number of esters is 1. The van der Waals surface area contributed by atoms with Crippen LogP contribution in [0, 0.1) is 0 Å². The zero-order valence-electron chi connectivity index (χ0n) is 15.3. The lowest BCUT2D eigenvalue weighted by Gasteiger charge is -2.16. The molecule has 0 saturated carbocycles. The number of nitrogens with one attached hydrogen (secondary N) is 1. The van der Waals surface area contributed by atoms with Gasteiger partial charge in [0, 0.05) is 11.3 Å². The minimum Gasteiger partial charge on any atom is -0.491 e. The average Bonchev–Trinajstić information content (AvgIpc) is 2.61. The van der Waals surface area contributed by atoms with E-state index in [0.717, 1.165) is 19.2 Å². The van der Waals surface area contributed by atoms with Gasteiger partial charge in [-0.25, -0.2) is 4.79 Å². The van der Waals surface area contributed by atoms with Crippen molar-refractivity contribution in [3.63, 3.8) is 0 Å². The Bertz CT molecular complexity index is 848. The third-order valence-electron chi connectivity index (χ3n) is 3.38. The van der Waals surface area contributed by atoms with Crippen LogP contribution >= 0.6 is 0 Å². The molecule has 0 aliphatic heterocycles. The third-order valence-corrected chi connectivity index (χ3v) is 3.38. The molecule has 2 aromatic carbocycles.